The highest BCUT2D eigenvalue weighted by Gasteiger charge is 2.02. The molecule has 0 aromatic heterocycles. The summed E-state index contributed by atoms with van der Waals surface area (Å²) in [6, 6.07) is 0. The van der Waals surface area contributed by atoms with Crippen LogP contribution < -0.4 is 0 Å². The lowest BCUT2D eigenvalue weighted by molar-refractivity contribution is 0.296. The zero-order valence-electron chi connectivity index (χ0n) is 9.81. The first-order chi connectivity index (χ1) is 6.20. The van der Waals surface area contributed by atoms with E-state index in [1.54, 1.807) is 0 Å². The maximum absolute atomic E-state index is 2.51. The normalized spacial score (nSPS) is 11.5. The number of unbranched alkanes of at least 4 members (excludes halogenated alkanes) is 2. The van der Waals surface area contributed by atoms with Crippen molar-refractivity contribution in [2.24, 2.45) is 0 Å². The van der Waals surface area contributed by atoms with Gasteiger partial charge in [-0.15, -0.1) is 0 Å². The van der Waals surface area contributed by atoms with E-state index in [2.05, 4.69) is 31.3 Å². The monoisotopic (exact) mass is 204 g/mol. The summed E-state index contributed by atoms with van der Waals surface area (Å²) in [5.74, 6) is 1.43. The van der Waals surface area contributed by atoms with Crippen molar-refractivity contribution >= 4 is 10.9 Å². The maximum atomic E-state index is 2.51. The molecule has 0 aromatic rings. The summed E-state index contributed by atoms with van der Waals surface area (Å²) in [4.78, 5) is 2.51. The van der Waals surface area contributed by atoms with Crippen LogP contribution in [0, 0.1) is 0 Å². The number of nitrogens with zero attached hydrogens (tertiary/aromatic N) is 1. The molecule has 13 heavy (non-hydrogen) atoms. The molecule has 0 atom stereocenters. The van der Waals surface area contributed by atoms with Gasteiger partial charge >= 0.3 is 0 Å². The Morgan fingerprint density at radius 2 is 1.54 bits per heavy atom. The van der Waals surface area contributed by atoms with Crippen LogP contribution in [0.4, 0.5) is 0 Å². The number of hydrogen-bond donors (Lipinski definition) is 0. The zero-order valence-corrected chi connectivity index (χ0v) is 10.6. The predicted octanol–water partition coefficient (Wildman–Crippen LogP) is 2.38. The predicted molar refractivity (Wildman–Crippen MR) is 65.7 cm³/mol. The summed E-state index contributed by atoms with van der Waals surface area (Å²) in [6.07, 6.45) is 8.91. The molecule has 0 heterocycles. The van der Waals surface area contributed by atoms with Crippen molar-refractivity contribution in [3.8, 4) is 0 Å². The van der Waals surface area contributed by atoms with Gasteiger partial charge in [0.15, 0.2) is 0 Å². The lowest BCUT2D eigenvalue weighted by Crippen LogP contribution is -2.23. The standard InChI is InChI=1S/C11H26NS/c1-5-12(6-2)10-8-7-9-11-13(3)4/h5-11H2,1-4H3/q+1. The summed E-state index contributed by atoms with van der Waals surface area (Å²) < 4.78 is 0. The van der Waals surface area contributed by atoms with E-state index < -0.39 is 0 Å². The SMILES string of the molecule is CCN(CC)CCCCC[S+](C)C. The molecule has 0 saturated heterocycles. The van der Waals surface area contributed by atoms with Gasteiger partial charge in [0.1, 0.15) is 5.75 Å². The van der Waals surface area contributed by atoms with Crippen molar-refractivity contribution in [3.63, 3.8) is 0 Å². The van der Waals surface area contributed by atoms with E-state index in [1.807, 2.05) is 0 Å². The summed E-state index contributed by atoms with van der Waals surface area (Å²) in [5.41, 5.74) is 0. The first kappa shape index (κ1) is 13.3. The Kier molecular flexibility index (Phi) is 9.10. The fourth-order valence-electron chi connectivity index (χ4n) is 1.44. The molecule has 0 N–H and O–H groups in total. The van der Waals surface area contributed by atoms with Crippen LogP contribution in [0.15, 0.2) is 0 Å². The van der Waals surface area contributed by atoms with Gasteiger partial charge in [-0.3, -0.25) is 0 Å². The average Bonchev–Trinajstić information content (AvgIpc) is 2.11. The van der Waals surface area contributed by atoms with Crippen LogP contribution in [-0.4, -0.2) is 42.8 Å². The molecule has 0 aromatic carbocycles. The molecular formula is C11H26NS+. The van der Waals surface area contributed by atoms with E-state index in [0.29, 0.717) is 10.9 Å². The molecule has 0 radical (unpaired) electrons. The van der Waals surface area contributed by atoms with Crippen molar-refractivity contribution in [3.05, 3.63) is 0 Å². The van der Waals surface area contributed by atoms with Crippen LogP contribution in [0.3, 0.4) is 0 Å². The van der Waals surface area contributed by atoms with E-state index in [9.17, 15) is 0 Å². The molecule has 2 heteroatoms. The molecule has 0 rings (SSSR count). The third-order valence-corrected chi connectivity index (χ3v) is 3.53. The fraction of sp³-hybridized carbons (Fsp3) is 1.00. The van der Waals surface area contributed by atoms with E-state index in [-0.39, 0.29) is 0 Å². The average molecular weight is 204 g/mol. The Balaban J connectivity index is 3.14. The molecule has 80 valence electrons. The molecule has 0 fully saturated rings. The largest absolute Gasteiger partial charge is 0.304 e. The van der Waals surface area contributed by atoms with Gasteiger partial charge in [-0.05, 0) is 49.8 Å². The minimum absolute atomic E-state index is 0.653. The van der Waals surface area contributed by atoms with Crippen molar-refractivity contribution in [2.75, 3.05) is 37.9 Å². The molecular weight excluding hydrogens is 178 g/mol. The number of rotatable bonds is 8. The molecule has 0 aliphatic heterocycles. The van der Waals surface area contributed by atoms with Gasteiger partial charge in [0.2, 0.25) is 0 Å². The van der Waals surface area contributed by atoms with Gasteiger partial charge in [-0.25, -0.2) is 0 Å². The molecule has 0 aliphatic rings. The smallest absolute Gasteiger partial charge is 0.107 e. The first-order valence-electron chi connectivity index (χ1n) is 5.47. The van der Waals surface area contributed by atoms with Crippen LogP contribution in [0.1, 0.15) is 33.1 Å². The van der Waals surface area contributed by atoms with Gasteiger partial charge in [-0.2, -0.15) is 0 Å². The van der Waals surface area contributed by atoms with Crippen molar-refractivity contribution in [2.45, 2.75) is 33.1 Å². The summed E-state index contributed by atoms with van der Waals surface area (Å²) >= 11 is 0. The Labute approximate surface area is 87.2 Å². The molecule has 0 amide bonds. The first-order valence-corrected chi connectivity index (χ1v) is 7.68. The Morgan fingerprint density at radius 3 is 2.00 bits per heavy atom. The quantitative estimate of drug-likeness (QED) is 0.433. The Hall–Kier alpha value is 0.310. The third kappa shape index (κ3) is 8.63. The second kappa shape index (κ2) is 8.89. The highest BCUT2D eigenvalue weighted by molar-refractivity contribution is 7.95. The van der Waals surface area contributed by atoms with Gasteiger partial charge in [0.25, 0.3) is 0 Å². The lowest BCUT2D eigenvalue weighted by atomic mass is 10.2. The molecule has 0 spiro atoms. The van der Waals surface area contributed by atoms with E-state index in [4.69, 9.17) is 0 Å². The summed E-state index contributed by atoms with van der Waals surface area (Å²) in [7, 11) is 0.653. The van der Waals surface area contributed by atoms with E-state index >= 15 is 0 Å². The molecule has 0 bridgehead atoms. The summed E-state index contributed by atoms with van der Waals surface area (Å²) in [5, 5.41) is 0. The van der Waals surface area contributed by atoms with Crippen LogP contribution >= 0.6 is 0 Å². The topological polar surface area (TPSA) is 3.24 Å². The third-order valence-electron chi connectivity index (χ3n) is 2.42. The minimum atomic E-state index is 0.653. The van der Waals surface area contributed by atoms with Crippen molar-refractivity contribution < 1.29 is 0 Å². The number of hydrogen-bond acceptors (Lipinski definition) is 1. The zero-order chi connectivity index (χ0) is 10.1. The van der Waals surface area contributed by atoms with E-state index in [0.717, 1.165) is 0 Å². The highest BCUT2D eigenvalue weighted by atomic mass is 32.2. The minimum Gasteiger partial charge on any atom is -0.304 e. The van der Waals surface area contributed by atoms with Crippen LogP contribution in [0.2, 0.25) is 0 Å². The summed E-state index contributed by atoms with van der Waals surface area (Å²) in [6.45, 7) is 8.22. The lowest BCUT2D eigenvalue weighted by Gasteiger charge is -2.17. The maximum Gasteiger partial charge on any atom is 0.107 e. The Bertz CT molecular complexity index is 100. The molecule has 1 nitrogen and oxygen atoms in total. The van der Waals surface area contributed by atoms with Gasteiger partial charge in [-0.1, -0.05) is 13.8 Å². The van der Waals surface area contributed by atoms with Gasteiger partial charge < -0.3 is 4.90 Å². The van der Waals surface area contributed by atoms with E-state index in [1.165, 1.54) is 44.6 Å². The molecule has 0 saturated carbocycles. The van der Waals surface area contributed by atoms with Gasteiger partial charge in [0, 0.05) is 0 Å². The fourth-order valence-corrected chi connectivity index (χ4v) is 2.22. The van der Waals surface area contributed by atoms with Crippen LogP contribution in [-0.2, 0) is 10.9 Å². The molecule has 0 aliphatic carbocycles. The highest BCUT2D eigenvalue weighted by Crippen LogP contribution is 2.00. The van der Waals surface area contributed by atoms with Crippen molar-refractivity contribution in [1.29, 1.82) is 0 Å². The van der Waals surface area contributed by atoms with Gasteiger partial charge in [0.05, 0.1) is 12.5 Å². The van der Waals surface area contributed by atoms with Crippen molar-refractivity contribution in [1.82, 2.24) is 4.90 Å². The van der Waals surface area contributed by atoms with Crippen LogP contribution in [0.5, 0.6) is 0 Å². The Morgan fingerprint density at radius 1 is 0.923 bits per heavy atom. The second-order valence-corrected chi connectivity index (χ2v) is 6.16. The molecule has 0 unspecified atom stereocenters. The second-order valence-electron chi connectivity index (χ2n) is 3.78. The van der Waals surface area contributed by atoms with Crippen LogP contribution in [0.25, 0.3) is 0 Å².